The van der Waals surface area contributed by atoms with Gasteiger partial charge in [0.15, 0.2) is 0 Å². The van der Waals surface area contributed by atoms with E-state index in [2.05, 4.69) is 5.10 Å². The van der Waals surface area contributed by atoms with E-state index >= 15 is 0 Å². The summed E-state index contributed by atoms with van der Waals surface area (Å²) in [5, 5.41) is 9.03. The zero-order valence-electron chi connectivity index (χ0n) is 8.24. The minimum atomic E-state index is -3.77. The number of hydrogen-bond donors (Lipinski definition) is 2. The first-order valence-electron chi connectivity index (χ1n) is 4.42. The minimum Gasteiger partial charge on any atom is -0.382 e. The van der Waals surface area contributed by atoms with Crippen LogP contribution in [0, 0.1) is 0 Å². The zero-order chi connectivity index (χ0) is 11.8. The highest BCUT2D eigenvalue weighted by Gasteiger charge is 2.14. The third-order valence-corrected chi connectivity index (χ3v) is 2.99. The molecular weight excluding hydrogens is 228 g/mol. The molecule has 84 valence electrons. The van der Waals surface area contributed by atoms with Crippen molar-refractivity contribution in [3.05, 3.63) is 36.5 Å². The fourth-order valence-corrected chi connectivity index (χ4v) is 2.08. The lowest BCUT2D eigenvalue weighted by atomic mass is 10.3. The van der Waals surface area contributed by atoms with Gasteiger partial charge in [-0.3, -0.25) is 0 Å². The van der Waals surface area contributed by atoms with Crippen LogP contribution >= 0.6 is 0 Å². The van der Waals surface area contributed by atoms with Gasteiger partial charge in [-0.25, -0.2) is 18.2 Å². The molecule has 4 N–H and O–H groups in total. The fraction of sp³-hybridized carbons (Fsp3) is 0. The zero-order valence-corrected chi connectivity index (χ0v) is 9.05. The molecule has 0 spiro atoms. The number of nitrogens with zero attached hydrogens (tertiary/aromatic N) is 2. The quantitative estimate of drug-likeness (QED) is 0.774. The van der Waals surface area contributed by atoms with E-state index < -0.39 is 10.0 Å². The Morgan fingerprint density at radius 3 is 2.44 bits per heavy atom. The van der Waals surface area contributed by atoms with Crippen LogP contribution in [0.15, 0.2) is 41.4 Å². The van der Waals surface area contributed by atoms with Gasteiger partial charge < -0.3 is 5.73 Å². The summed E-state index contributed by atoms with van der Waals surface area (Å²) in [4.78, 5) is 0.0121. The van der Waals surface area contributed by atoms with Gasteiger partial charge >= 0.3 is 0 Å². The van der Waals surface area contributed by atoms with E-state index in [4.69, 9.17) is 10.9 Å². The van der Waals surface area contributed by atoms with Crippen molar-refractivity contribution in [1.29, 1.82) is 0 Å². The van der Waals surface area contributed by atoms with Crippen molar-refractivity contribution in [2.75, 3.05) is 5.73 Å². The molecule has 0 aliphatic carbocycles. The molecule has 7 heteroatoms. The standard InChI is InChI=1S/C9H10N4O2S/c10-9-5-6-13(12-9)7-3-1-2-4-8(7)16(11,14)15/h1-6H,(H2,10,12)(H2,11,14,15). The first kappa shape index (κ1) is 10.7. The van der Waals surface area contributed by atoms with Crippen molar-refractivity contribution < 1.29 is 8.42 Å². The SMILES string of the molecule is Nc1ccn(-c2ccccc2S(N)(=O)=O)n1. The van der Waals surface area contributed by atoms with Crippen molar-refractivity contribution >= 4 is 15.8 Å². The monoisotopic (exact) mass is 238 g/mol. The van der Waals surface area contributed by atoms with Crippen LogP contribution in [0.2, 0.25) is 0 Å². The number of sulfonamides is 1. The van der Waals surface area contributed by atoms with Gasteiger partial charge in [0.25, 0.3) is 0 Å². The van der Waals surface area contributed by atoms with Crippen LogP contribution in [-0.4, -0.2) is 18.2 Å². The Balaban J connectivity index is 2.66. The van der Waals surface area contributed by atoms with Gasteiger partial charge in [-0.2, -0.15) is 5.10 Å². The average molecular weight is 238 g/mol. The summed E-state index contributed by atoms with van der Waals surface area (Å²) >= 11 is 0. The molecule has 2 aromatic rings. The Morgan fingerprint density at radius 1 is 1.19 bits per heavy atom. The predicted molar refractivity (Wildman–Crippen MR) is 59.3 cm³/mol. The molecule has 0 saturated heterocycles. The number of rotatable bonds is 2. The number of primary sulfonamides is 1. The molecule has 0 aliphatic heterocycles. The number of nitrogens with two attached hydrogens (primary N) is 2. The molecule has 0 atom stereocenters. The van der Waals surface area contributed by atoms with E-state index in [0.717, 1.165) is 0 Å². The molecule has 16 heavy (non-hydrogen) atoms. The Kier molecular flexibility index (Phi) is 2.41. The number of hydrogen-bond acceptors (Lipinski definition) is 4. The maximum Gasteiger partial charge on any atom is 0.240 e. The minimum absolute atomic E-state index is 0.0121. The summed E-state index contributed by atoms with van der Waals surface area (Å²) < 4.78 is 24.0. The topological polar surface area (TPSA) is 104 Å². The van der Waals surface area contributed by atoms with Crippen molar-refractivity contribution in [3.8, 4) is 5.69 Å². The molecule has 1 aromatic carbocycles. The Labute approximate surface area is 92.5 Å². The lowest BCUT2D eigenvalue weighted by Gasteiger charge is -2.06. The molecule has 0 radical (unpaired) electrons. The largest absolute Gasteiger partial charge is 0.382 e. The average Bonchev–Trinajstić information content (AvgIpc) is 2.64. The Hall–Kier alpha value is -1.86. The molecular formula is C9H10N4O2S. The number of anilines is 1. The van der Waals surface area contributed by atoms with Crippen molar-refractivity contribution in [2.45, 2.75) is 4.90 Å². The maximum atomic E-state index is 11.3. The van der Waals surface area contributed by atoms with Gasteiger partial charge in [-0.1, -0.05) is 12.1 Å². The summed E-state index contributed by atoms with van der Waals surface area (Å²) in [5.41, 5.74) is 5.84. The number of nitrogen functional groups attached to an aromatic ring is 1. The smallest absolute Gasteiger partial charge is 0.240 e. The highest BCUT2D eigenvalue weighted by atomic mass is 32.2. The Morgan fingerprint density at radius 2 is 1.88 bits per heavy atom. The second kappa shape index (κ2) is 3.62. The molecule has 2 rings (SSSR count). The normalized spacial score (nSPS) is 11.6. The van der Waals surface area contributed by atoms with Gasteiger partial charge in [-0.05, 0) is 12.1 Å². The summed E-state index contributed by atoms with van der Waals surface area (Å²) in [7, 11) is -3.77. The second-order valence-corrected chi connectivity index (χ2v) is 4.73. The molecule has 1 heterocycles. The summed E-state index contributed by atoms with van der Waals surface area (Å²) in [6, 6.07) is 7.88. The van der Waals surface area contributed by atoms with Crippen LogP contribution in [0.1, 0.15) is 0 Å². The number of para-hydroxylation sites is 1. The van der Waals surface area contributed by atoms with Crippen molar-refractivity contribution in [3.63, 3.8) is 0 Å². The van der Waals surface area contributed by atoms with Gasteiger partial charge in [0.05, 0.1) is 5.69 Å². The second-order valence-electron chi connectivity index (χ2n) is 3.20. The van der Waals surface area contributed by atoms with E-state index in [-0.39, 0.29) is 4.90 Å². The lowest BCUT2D eigenvalue weighted by molar-refractivity contribution is 0.596. The summed E-state index contributed by atoms with van der Waals surface area (Å²) in [5.74, 6) is 0.309. The molecule has 0 amide bonds. The van der Waals surface area contributed by atoms with Gasteiger partial charge in [0, 0.05) is 12.3 Å². The van der Waals surface area contributed by atoms with Crippen LogP contribution in [0.5, 0.6) is 0 Å². The predicted octanol–water partition coefficient (Wildman–Crippen LogP) is 0.102. The van der Waals surface area contributed by atoms with Crippen LogP contribution in [0.25, 0.3) is 5.69 Å². The highest BCUT2D eigenvalue weighted by molar-refractivity contribution is 7.89. The molecule has 0 fully saturated rings. The van der Waals surface area contributed by atoms with E-state index in [1.807, 2.05) is 0 Å². The van der Waals surface area contributed by atoms with Crippen LogP contribution < -0.4 is 10.9 Å². The lowest BCUT2D eigenvalue weighted by Crippen LogP contribution is -2.15. The van der Waals surface area contributed by atoms with Crippen LogP contribution in [-0.2, 0) is 10.0 Å². The molecule has 0 saturated carbocycles. The number of benzene rings is 1. The van der Waals surface area contributed by atoms with E-state index in [1.54, 1.807) is 30.5 Å². The van der Waals surface area contributed by atoms with Crippen molar-refractivity contribution in [2.24, 2.45) is 5.14 Å². The summed E-state index contributed by atoms with van der Waals surface area (Å²) in [6.07, 6.45) is 1.57. The third-order valence-electron chi connectivity index (χ3n) is 2.03. The summed E-state index contributed by atoms with van der Waals surface area (Å²) in [6.45, 7) is 0. The molecule has 0 unspecified atom stereocenters. The molecule has 0 aliphatic rings. The maximum absolute atomic E-state index is 11.3. The fourth-order valence-electron chi connectivity index (χ4n) is 1.36. The number of aromatic nitrogens is 2. The van der Waals surface area contributed by atoms with Gasteiger partial charge in [0.2, 0.25) is 10.0 Å². The van der Waals surface area contributed by atoms with Crippen LogP contribution in [0.3, 0.4) is 0 Å². The molecule has 1 aromatic heterocycles. The van der Waals surface area contributed by atoms with E-state index in [0.29, 0.717) is 11.5 Å². The first-order valence-corrected chi connectivity index (χ1v) is 5.96. The van der Waals surface area contributed by atoms with E-state index in [1.165, 1.54) is 10.7 Å². The third kappa shape index (κ3) is 1.90. The van der Waals surface area contributed by atoms with Crippen LogP contribution in [0.4, 0.5) is 5.82 Å². The van der Waals surface area contributed by atoms with Gasteiger partial charge in [-0.15, -0.1) is 0 Å². The van der Waals surface area contributed by atoms with Crippen molar-refractivity contribution in [1.82, 2.24) is 9.78 Å². The molecule has 0 bridgehead atoms. The molecule has 6 nitrogen and oxygen atoms in total. The Bertz CT molecular complexity index is 618. The van der Waals surface area contributed by atoms with Gasteiger partial charge in [0.1, 0.15) is 10.7 Å². The highest BCUT2D eigenvalue weighted by Crippen LogP contribution is 2.18. The first-order chi connectivity index (χ1) is 7.48. The van der Waals surface area contributed by atoms with E-state index in [9.17, 15) is 8.42 Å².